The lowest BCUT2D eigenvalue weighted by Gasteiger charge is -2.23. The Balaban J connectivity index is 2.56. The Hall–Kier alpha value is -0.930. The van der Waals surface area contributed by atoms with Crippen LogP contribution in [0.5, 0.6) is 0 Å². The van der Waals surface area contributed by atoms with Gasteiger partial charge in [0, 0.05) is 37.0 Å². The number of ether oxygens (including phenoxy) is 1. The van der Waals surface area contributed by atoms with Crippen LogP contribution in [0, 0.1) is 0 Å². The average Bonchev–Trinajstić information content (AvgIpc) is 2.46. The number of carbonyl (C=O) groups is 1. The summed E-state index contributed by atoms with van der Waals surface area (Å²) >= 11 is 11.6. The summed E-state index contributed by atoms with van der Waals surface area (Å²) in [5, 5.41) is 0. The molecule has 0 aromatic heterocycles. The van der Waals surface area contributed by atoms with Crippen LogP contribution in [-0.2, 0) is 16.0 Å². The van der Waals surface area contributed by atoms with Gasteiger partial charge in [-0.3, -0.25) is 4.79 Å². The predicted molar refractivity (Wildman–Crippen MR) is 85.0 cm³/mol. The van der Waals surface area contributed by atoms with Crippen molar-refractivity contribution in [1.29, 1.82) is 0 Å². The molecule has 0 N–H and O–H groups in total. The number of hydrogen-bond acceptors (Lipinski definition) is 3. The van der Waals surface area contributed by atoms with Gasteiger partial charge < -0.3 is 9.64 Å². The normalized spacial score (nSPS) is 10.3. The standard InChI is InChI=1S/C15H21Cl2NO2/c1-2-20-15(19)8-5-13-3-6-14(7-4-13)18(11-9-16)12-10-17/h3-4,6-7H,2,5,8-12H2,1H3. The van der Waals surface area contributed by atoms with Crippen molar-refractivity contribution in [2.24, 2.45) is 0 Å². The quantitative estimate of drug-likeness (QED) is 0.516. The molecule has 5 heteroatoms. The monoisotopic (exact) mass is 317 g/mol. The number of esters is 1. The lowest BCUT2D eigenvalue weighted by Crippen LogP contribution is -2.27. The maximum absolute atomic E-state index is 11.3. The van der Waals surface area contributed by atoms with E-state index in [9.17, 15) is 4.79 Å². The van der Waals surface area contributed by atoms with E-state index >= 15 is 0 Å². The van der Waals surface area contributed by atoms with Crippen LogP contribution in [0.25, 0.3) is 0 Å². The number of carbonyl (C=O) groups excluding carboxylic acids is 1. The summed E-state index contributed by atoms with van der Waals surface area (Å²) in [7, 11) is 0. The van der Waals surface area contributed by atoms with Gasteiger partial charge >= 0.3 is 5.97 Å². The summed E-state index contributed by atoms with van der Waals surface area (Å²) in [6, 6.07) is 8.15. The molecular weight excluding hydrogens is 297 g/mol. The number of rotatable bonds is 9. The molecule has 0 bridgehead atoms. The van der Waals surface area contributed by atoms with Crippen LogP contribution in [0.4, 0.5) is 5.69 Å². The predicted octanol–water partition coefficient (Wildman–Crippen LogP) is 3.47. The second-order valence-electron chi connectivity index (χ2n) is 4.34. The molecule has 1 aromatic rings. The molecule has 20 heavy (non-hydrogen) atoms. The van der Waals surface area contributed by atoms with Crippen molar-refractivity contribution in [3.8, 4) is 0 Å². The molecule has 0 saturated carbocycles. The second-order valence-corrected chi connectivity index (χ2v) is 5.09. The van der Waals surface area contributed by atoms with Gasteiger partial charge in [0.1, 0.15) is 0 Å². The minimum atomic E-state index is -0.150. The molecule has 0 radical (unpaired) electrons. The summed E-state index contributed by atoms with van der Waals surface area (Å²) in [5.74, 6) is 0.991. The highest BCUT2D eigenvalue weighted by atomic mass is 35.5. The van der Waals surface area contributed by atoms with Crippen molar-refractivity contribution in [2.45, 2.75) is 19.8 Å². The summed E-state index contributed by atoms with van der Waals surface area (Å²) < 4.78 is 4.91. The molecule has 0 atom stereocenters. The van der Waals surface area contributed by atoms with E-state index in [1.54, 1.807) is 0 Å². The lowest BCUT2D eigenvalue weighted by atomic mass is 10.1. The minimum absolute atomic E-state index is 0.150. The van der Waals surface area contributed by atoms with Gasteiger partial charge in [0.2, 0.25) is 0 Å². The first-order valence-corrected chi connectivity index (χ1v) is 7.89. The highest BCUT2D eigenvalue weighted by molar-refractivity contribution is 6.18. The fraction of sp³-hybridized carbons (Fsp3) is 0.533. The molecule has 0 aliphatic carbocycles. The maximum atomic E-state index is 11.3. The van der Waals surface area contributed by atoms with Crippen molar-refractivity contribution in [2.75, 3.05) is 36.4 Å². The minimum Gasteiger partial charge on any atom is -0.466 e. The molecule has 0 unspecified atom stereocenters. The number of hydrogen-bond donors (Lipinski definition) is 0. The Morgan fingerprint density at radius 2 is 1.75 bits per heavy atom. The number of benzene rings is 1. The number of halogens is 2. The summed E-state index contributed by atoms with van der Waals surface area (Å²) in [6.07, 6.45) is 1.12. The number of alkyl halides is 2. The zero-order valence-electron chi connectivity index (χ0n) is 11.8. The largest absolute Gasteiger partial charge is 0.466 e. The topological polar surface area (TPSA) is 29.5 Å². The van der Waals surface area contributed by atoms with Crippen molar-refractivity contribution >= 4 is 34.9 Å². The molecule has 0 fully saturated rings. The molecule has 0 spiro atoms. The van der Waals surface area contributed by atoms with E-state index in [4.69, 9.17) is 27.9 Å². The van der Waals surface area contributed by atoms with E-state index in [2.05, 4.69) is 4.90 Å². The van der Waals surface area contributed by atoms with Crippen LogP contribution >= 0.6 is 23.2 Å². The van der Waals surface area contributed by atoms with E-state index in [0.717, 1.165) is 24.3 Å². The van der Waals surface area contributed by atoms with Gasteiger partial charge in [0.25, 0.3) is 0 Å². The summed E-state index contributed by atoms with van der Waals surface area (Å²) in [4.78, 5) is 13.5. The third kappa shape index (κ3) is 6.02. The zero-order valence-corrected chi connectivity index (χ0v) is 13.3. The molecule has 0 amide bonds. The fourth-order valence-corrected chi connectivity index (χ4v) is 2.34. The van der Waals surface area contributed by atoms with Crippen molar-refractivity contribution in [3.05, 3.63) is 29.8 Å². The molecule has 112 valence electrons. The third-order valence-corrected chi connectivity index (χ3v) is 3.27. The van der Waals surface area contributed by atoms with Gasteiger partial charge in [0.05, 0.1) is 6.61 Å². The van der Waals surface area contributed by atoms with Crippen LogP contribution in [0.15, 0.2) is 24.3 Å². The maximum Gasteiger partial charge on any atom is 0.306 e. The molecule has 0 heterocycles. The number of aryl methyl sites for hydroxylation is 1. The van der Waals surface area contributed by atoms with Gasteiger partial charge in [-0.1, -0.05) is 12.1 Å². The SMILES string of the molecule is CCOC(=O)CCc1ccc(N(CCCl)CCCl)cc1. The van der Waals surface area contributed by atoms with E-state index in [-0.39, 0.29) is 5.97 Å². The molecule has 0 aliphatic heterocycles. The first-order chi connectivity index (χ1) is 9.71. The number of nitrogens with zero attached hydrogens (tertiary/aromatic N) is 1. The van der Waals surface area contributed by atoms with E-state index in [1.807, 2.05) is 31.2 Å². The first kappa shape index (κ1) is 17.1. The average molecular weight is 318 g/mol. The molecule has 0 saturated heterocycles. The highest BCUT2D eigenvalue weighted by Crippen LogP contribution is 2.16. The summed E-state index contributed by atoms with van der Waals surface area (Å²) in [5.41, 5.74) is 2.23. The molecule has 3 nitrogen and oxygen atoms in total. The van der Waals surface area contributed by atoms with Gasteiger partial charge in [0.15, 0.2) is 0 Å². The number of anilines is 1. The van der Waals surface area contributed by atoms with Crippen molar-refractivity contribution < 1.29 is 9.53 Å². The van der Waals surface area contributed by atoms with Gasteiger partial charge in [-0.2, -0.15) is 0 Å². The van der Waals surface area contributed by atoms with Crippen LogP contribution in [0.3, 0.4) is 0 Å². The first-order valence-electron chi connectivity index (χ1n) is 6.82. The van der Waals surface area contributed by atoms with Gasteiger partial charge in [-0.05, 0) is 31.0 Å². The Morgan fingerprint density at radius 3 is 2.25 bits per heavy atom. The summed E-state index contributed by atoms with van der Waals surface area (Å²) in [6.45, 7) is 3.80. The van der Waals surface area contributed by atoms with Crippen LogP contribution < -0.4 is 4.90 Å². The smallest absolute Gasteiger partial charge is 0.306 e. The Morgan fingerprint density at radius 1 is 1.15 bits per heavy atom. The zero-order chi connectivity index (χ0) is 14.8. The van der Waals surface area contributed by atoms with Gasteiger partial charge in [-0.25, -0.2) is 0 Å². The second kappa shape index (κ2) is 9.89. The van der Waals surface area contributed by atoms with E-state index in [1.165, 1.54) is 0 Å². The Labute approximate surface area is 130 Å². The third-order valence-electron chi connectivity index (χ3n) is 2.93. The fourth-order valence-electron chi connectivity index (χ4n) is 1.93. The van der Waals surface area contributed by atoms with Crippen LogP contribution in [-0.4, -0.2) is 37.4 Å². The van der Waals surface area contributed by atoms with E-state index < -0.39 is 0 Å². The Bertz CT molecular complexity index is 389. The lowest BCUT2D eigenvalue weighted by molar-refractivity contribution is -0.143. The van der Waals surface area contributed by atoms with Crippen molar-refractivity contribution in [1.82, 2.24) is 0 Å². The van der Waals surface area contributed by atoms with Gasteiger partial charge in [-0.15, -0.1) is 23.2 Å². The van der Waals surface area contributed by atoms with E-state index in [0.29, 0.717) is 31.2 Å². The van der Waals surface area contributed by atoms with Crippen LogP contribution in [0.1, 0.15) is 18.9 Å². The highest BCUT2D eigenvalue weighted by Gasteiger charge is 2.06. The molecule has 0 aliphatic rings. The molecule has 1 rings (SSSR count). The Kier molecular flexibility index (Phi) is 8.47. The van der Waals surface area contributed by atoms with Crippen LogP contribution in [0.2, 0.25) is 0 Å². The molecule has 1 aromatic carbocycles. The molecular formula is C15H21Cl2NO2. The van der Waals surface area contributed by atoms with Crippen molar-refractivity contribution in [3.63, 3.8) is 0 Å².